The molecular weight excluding hydrogens is 280 g/mol. The SMILES string of the molecule is CN1CCN2CCN(C(=O)CCc3ccccn3)CC2C1=O. The summed E-state index contributed by atoms with van der Waals surface area (Å²) in [7, 11) is 1.83. The number of likely N-dealkylation sites (N-methyl/N-ethyl adjacent to an activating group) is 1. The Morgan fingerprint density at radius 3 is 2.86 bits per heavy atom. The van der Waals surface area contributed by atoms with Gasteiger partial charge in [0.1, 0.15) is 6.04 Å². The first-order valence-corrected chi connectivity index (χ1v) is 7.82. The van der Waals surface area contributed by atoms with E-state index in [0.29, 0.717) is 25.9 Å². The van der Waals surface area contributed by atoms with Crippen LogP contribution in [0.4, 0.5) is 0 Å². The van der Waals surface area contributed by atoms with Gasteiger partial charge in [0.15, 0.2) is 0 Å². The van der Waals surface area contributed by atoms with E-state index in [0.717, 1.165) is 25.3 Å². The van der Waals surface area contributed by atoms with E-state index in [1.807, 2.05) is 30.1 Å². The molecule has 1 atom stereocenters. The molecule has 2 aliphatic heterocycles. The fourth-order valence-electron chi connectivity index (χ4n) is 3.13. The molecule has 0 spiro atoms. The first kappa shape index (κ1) is 15.0. The number of carbonyl (C=O) groups excluding carboxylic acids is 2. The maximum absolute atomic E-state index is 12.4. The molecule has 1 aromatic heterocycles. The summed E-state index contributed by atoms with van der Waals surface area (Å²) in [5.41, 5.74) is 0.933. The fourth-order valence-corrected chi connectivity index (χ4v) is 3.13. The molecule has 6 heteroatoms. The van der Waals surface area contributed by atoms with Crippen molar-refractivity contribution in [2.24, 2.45) is 0 Å². The van der Waals surface area contributed by atoms with Crippen LogP contribution in [0.25, 0.3) is 0 Å². The van der Waals surface area contributed by atoms with E-state index >= 15 is 0 Å². The van der Waals surface area contributed by atoms with Crippen molar-refractivity contribution >= 4 is 11.8 Å². The quantitative estimate of drug-likeness (QED) is 0.788. The average Bonchev–Trinajstić information content (AvgIpc) is 2.57. The molecule has 2 saturated heterocycles. The van der Waals surface area contributed by atoms with E-state index in [1.165, 1.54) is 0 Å². The first-order chi connectivity index (χ1) is 10.6. The minimum atomic E-state index is -0.161. The zero-order valence-corrected chi connectivity index (χ0v) is 12.9. The highest BCUT2D eigenvalue weighted by Crippen LogP contribution is 2.17. The van der Waals surface area contributed by atoms with Gasteiger partial charge in [-0.1, -0.05) is 6.07 Å². The van der Waals surface area contributed by atoms with Crippen LogP contribution in [0.2, 0.25) is 0 Å². The zero-order chi connectivity index (χ0) is 15.5. The molecule has 6 nitrogen and oxygen atoms in total. The minimum absolute atomic E-state index is 0.117. The lowest BCUT2D eigenvalue weighted by atomic mass is 10.1. The maximum atomic E-state index is 12.4. The Morgan fingerprint density at radius 1 is 1.27 bits per heavy atom. The number of aryl methyl sites for hydroxylation is 1. The predicted molar refractivity (Wildman–Crippen MR) is 82.1 cm³/mol. The molecule has 2 aliphatic rings. The largest absolute Gasteiger partial charge is 0.343 e. The van der Waals surface area contributed by atoms with Crippen molar-refractivity contribution < 1.29 is 9.59 Å². The van der Waals surface area contributed by atoms with Crippen LogP contribution in [0.1, 0.15) is 12.1 Å². The topological polar surface area (TPSA) is 56.8 Å². The van der Waals surface area contributed by atoms with Gasteiger partial charge in [-0.05, 0) is 18.6 Å². The lowest BCUT2D eigenvalue weighted by Gasteiger charge is -2.45. The molecule has 0 aromatic carbocycles. The number of amides is 2. The normalized spacial score (nSPS) is 22.6. The molecule has 3 rings (SSSR count). The molecule has 118 valence electrons. The summed E-state index contributed by atoms with van der Waals surface area (Å²) in [5.74, 6) is 0.250. The molecule has 1 aromatic rings. The van der Waals surface area contributed by atoms with E-state index in [-0.39, 0.29) is 17.9 Å². The van der Waals surface area contributed by atoms with Crippen LogP contribution < -0.4 is 0 Å². The van der Waals surface area contributed by atoms with Gasteiger partial charge in [0, 0.05) is 58.1 Å². The Hall–Kier alpha value is -1.95. The molecule has 2 fully saturated rings. The summed E-state index contributed by atoms with van der Waals surface area (Å²) in [4.78, 5) is 34.7. The Morgan fingerprint density at radius 2 is 2.09 bits per heavy atom. The molecule has 0 N–H and O–H groups in total. The third-order valence-corrected chi connectivity index (χ3v) is 4.55. The number of hydrogen-bond donors (Lipinski definition) is 0. The number of piperazine rings is 2. The van der Waals surface area contributed by atoms with Crippen LogP contribution in [-0.4, -0.2) is 77.3 Å². The van der Waals surface area contributed by atoms with Crippen molar-refractivity contribution in [1.82, 2.24) is 19.7 Å². The Bertz CT molecular complexity index is 548. The van der Waals surface area contributed by atoms with Crippen molar-refractivity contribution in [2.75, 3.05) is 39.8 Å². The van der Waals surface area contributed by atoms with E-state index in [4.69, 9.17) is 0 Å². The molecule has 0 bridgehead atoms. The molecule has 22 heavy (non-hydrogen) atoms. The maximum Gasteiger partial charge on any atom is 0.241 e. The van der Waals surface area contributed by atoms with Crippen LogP contribution >= 0.6 is 0 Å². The van der Waals surface area contributed by atoms with E-state index < -0.39 is 0 Å². The number of hydrogen-bond acceptors (Lipinski definition) is 4. The first-order valence-electron chi connectivity index (χ1n) is 7.82. The van der Waals surface area contributed by atoms with Gasteiger partial charge in [-0.15, -0.1) is 0 Å². The van der Waals surface area contributed by atoms with Gasteiger partial charge in [-0.25, -0.2) is 0 Å². The van der Waals surface area contributed by atoms with Gasteiger partial charge in [0.05, 0.1) is 0 Å². The summed E-state index contributed by atoms with van der Waals surface area (Å²) in [5, 5.41) is 0. The summed E-state index contributed by atoms with van der Waals surface area (Å²) < 4.78 is 0. The van der Waals surface area contributed by atoms with Gasteiger partial charge in [-0.3, -0.25) is 19.5 Å². The molecule has 0 saturated carbocycles. The van der Waals surface area contributed by atoms with Crippen LogP contribution in [0.3, 0.4) is 0 Å². The van der Waals surface area contributed by atoms with Crippen LogP contribution in [0.5, 0.6) is 0 Å². The monoisotopic (exact) mass is 302 g/mol. The lowest BCUT2D eigenvalue weighted by molar-refractivity contribution is -0.147. The van der Waals surface area contributed by atoms with Crippen molar-refractivity contribution in [3.8, 4) is 0 Å². The Labute approximate surface area is 130 Å². The van der Waals surface area contributed by atoms with Gasteiger partial charge in [0.25, 0.3) is 0 Å². The van der Waals surface area contributed by atoms with Gasteiger partial charge in [-0.2, -0.15) is 0 Å². The third kappa shape index (κ3) is 3.11. The highest BCUT2D eigenvalue weighted by Gasteiger charge is 2.38. The zero-order valence-electron chi connectivity index (χ0n) is 12.9. The van der Waals surface area contributed by atoms with Crippen molar-refractivity contribution in [3.63, 3.8) is 0 Å². The van der Waals surface area contributed by atoms with Gasteiger partial charge in [0.2, 0.25) is 11.8 Å². The summed E-state index contributed by atoms with van der Waals surface area (Å²) >= 11 is 0. The summed E-state index contributed by atoms with van der Waals surface area (Å²) in [6.07, 6.45) is 2.85. The second-order valence-electron chi connectivity index (χ2n) is 5.97. The highest BCUT2D eigenvalue weighted by atomic mass is 16.2. The molecule has 2 amide bonds. The predicted octanol–water partition coefficient (Wildman–Crippen LogP) is -0.001000. The second kappa shape index (κ2) is 6.44. The van der Waals surface area contributed by atoms with E-state index in [1.54, 1.807) is 11.1 Å². The summed E-state index contributed by atoms with van der Waals surface area (Å²) in [6.45, 7) is 3.71. The summed E-state index contributed by atoms with van der Waals surface area (Å²) in [6, 6.07) is 5.58. The number of pyridine rings is 1. The van der Waals surface area contributed by atoms with Gasteiger partial charge < -0.3 is 9.80 Å². The third-order valence-electron chi connectivity index (χ3n) is 4.55. The van der Waals surface area contributed by atoms with Crippen LogP contribution in [0.15, 0.2) is 24.4 Å². The second-order valence-corrected chi connectivity index (χ2v) is 5.97. The van der Waals surface area contributed by atoms with Crippen molar-refractivity contribution in [1.29, 1.82) is 0 Å². The fraction of sp³-hybridized carbons (Fsp3) is 0.562. The highest BCUT2D eigenvalue weighted by molar-refractivity contribution is 5.84. The van der Waals surface area contributed by atoms with Gasteiger partial charge >= 0.3 is 0 Å². The Kier molecular flexibility index (Phi) is 4.38. The lowest BCUT2D eigenvalue weighted by Crippen LogP contribution is -2.64. The number of carbonyl (C=O) groups is 2. The van der Waals surface area contributed by atoms with Crippen LogP contribution in [0, 0.1) is 0 Å². The number of fused-ring (bicyclic) bond motifs is 1. The molecule has 0 aliphatic carbocycles. The van der Waals surface area contributed by atoms with Crippen LogP contribution in [-0.2, 0) is 16.0 Å². The van der Waals surface area contributed by atoms with E-state index in [9.17, 15) is 9.59 Å². The molecule has 1 unspecified atom stereocenters. The smallest absolute Gasteiger partial charge is 0.241 e. The number of nitrogens with zero attached hydrogens (tertiary/aromatic N) is 4. The molecule has 3 heterocycles. The average molecular weight is 302 g/mol. The Balaban J connectivity index is 1.56. The standard InChI is InChI=1S/C16H22N4O2/c1-18-8-9-19-10-11-20(12-14(19)16(18)22)15(21)6-5-13-4-2-3-7-17-13/h2-4,7,14H,5-6,8-12H2,1H3. The van der Waals surface area contributed by atoms with E-state index in [2.05, 4.69) is 9.88 Å². The molecular formula is C16H22N4O2. The number of aromatic nitrogens is 1. The van der Waals surface area contributed by atoms with Crippen molar-refractivity contribution in [2.45, 2.75) is 18.9 Å². The number of rotatable bonds is 3. The molecule has 0 radical (unpaired) electrons. The minimum Gasteiger partial charge on any atom is -0.343 e. The van der Waals surface area contributed by atoms with Crippen molar-refractivity contribution in [3.05, 3.63) is 30.1 Å².